The van der Waals surface area contributed by atoms with Gasteiger partial charge in [-0.05, 0) is 61.7 Å². The average Bonchev–Trinajstić information content (AvgIpc) is 3.46. The third kappa shape index (κ3) is 7.18. The molecule has 3 heterocycles. The van der Waals surface area contributed by atoms with Gasteiger partial charge >= 0.3 is 18.4 Å². The number of nitrogens with zero attached hydrogens (tertiary/aromatic N) is 6. The standard InChI is InChI=1S/C13H17BrN6O2.C10H8F3NO2/c1-8(19-12(21)22-13(2,3)4)10-17-7-18-20(10)11-15-5-9(14)6-16-11;11-10(12,13)14-5-4-6-2-1-3-7(8(6)14)9(15)16/h5-8H,1-4H3,(H,19,21);1-3H,4-5H2,(H,15,16)/t8-;/m0./s1. The molecule has 11 nitrogen and oxygen atoms in total. The molecular formula is C23H25BrF3N7O4. The predicted molar refractivity (Wildman–Crippen MR) is 133 cm³/mol. The van der Waals surface area contributed by atoms with Crippen molar-refractivity contribution in [1.82, 2.24) is 30.0 Å². The molecule has 0 radical (unpaired) electrons. The Kier molecular flexibility index (Phi) is 8.59. The number of hydrogen-bond acceptors (Lipinski definition) is 8. The fourth-order valence-electron chi connectivity index (χ4n) is 3.55. The van der Waals surface area contributed by atoms with Gasteiger partial charge in [0.15, 0.2) is 5.82 Å². The quantitative estimate of drug-likeness (QED) is 0.410. The van der Waals surface area contributed by atoms with E-state index in [0.29, 0.717) is 17.3 Å². The summed E-state index contributed by atoms with van der Waals surface area (Å²) < 4.78 is 45.3. The summed E-state index contributed by atoms with van der Waals surface area (Å²) in [7, 11) is 0. The zero-order valence-corrected chi connectivity index (χ0v) is 22.4. The summed E-state index contributed by atoms with van der Waals surface area (Å²) in [6, 6.07) is 3.76. The van der Waals surface area contributed by atoms with E-state index in [4.69, 9.17) is 9.84 Å². The molecule has 1 amide bonds. The van der Waals surface area contributed by atoms with Gasteiger partial charge in [-0.25, -0.2) is 24.5 Å². The number of halogens is 4. The molecule has 1 aromatic carbocycles. The van der Waals surface area contributed by atoms with E-state index in [1.54, 1.807) is 40.1 Å². The van der Waals surface area contributed by atoms with E-state index in [1.165, 1.54) is 29.2 Å². The maximum atomic E-state index is 12.6. The second-order valence-corrected chi connectivity index (χ2v) is 10.0. The molecule has 15 heteroatoms. The lowest BCUT2D eigenvalue weighted by Gasteiger charge is -2.23. The Labute approximate surface area is 224 Å². The average molecular weight is 600 g/mol. The largest absolute Gasteiger partial charge is 0.484 e. The van der Waals surface area contributed by atoms with Crippen molar-refractivity contribution < 1.29 is 32.6 Å². The van der Waals surface area contributed by atoms with Gasteiger partial charge in [0.2, 0.25) is 0 Å². The Balaban J connectivity index is 0.000000221. The van der Waals surface area contributed by atoms with Crippen LogP contribution in [0.25, 0.3) is 5.95 Å². The van der Waals surface area contributed by atoms with Gasteiger partial charge in [0.1, 0.15) is 11.9 Å². The van der Waals surface area contributed by atoms with E-state index in [-0.39, 0.29) is 29.1 Å². The highest BCUT2D eigenvalue weighted by Crippen LogP contribution is 2.38. The molecule has 3 aromatic rings. The first-order valence-electron chi connectivity index (χ1n) is 11.2. The normalized spacial score (nSPS) is 13.7. The van der Waals surface area contributed by atoms with Gasteiger partial charge in [-0.1, -0.05) is 12.1 Å². The minimum absolute atomic E-state index is 0.186. The first-order valence-corrected chi connectivity index (χ1v) is 12.0. The van der Waals surface area contributed by atoms with Crippen LogP contribution in [-0.2, 0) is 11.2 Å². The molecule has 38 heavy (non-hydrogen) atoms. The van der Waals surface area contributed by atoms with Crippen molar-refractivity contribution >= 4 is 33.7 Å². The first kappa shape index (κ1) is 28.8. The van der Waals surface area contributed by atoms with E-state index in [9.17, 15) is 22.8 Å². The minimum Gasteiger partial charge on any atom is -0.478 e. The van der Waals surface area contributed by atoms with Gasteiger partial charge in [-0.2, -0.15) is 23.0 Å². The number of rotatable bonds is 4. The molecule has 0 spiro atoms. The lowest BCUT2D eigenvalue weighted by Crippen LogP contribution is -2.37. The van der Waals surface area contributed by atoms with Crippen molar-refractivity contribution in [3.05, 3.63) is 58.3 Å². The van der Waals surface area contributed by atoms with Crippen molar-refractivity contribution in [3.63, 3.8) is 0 Å². The molecule has 0 saturated carbocycles. The van der Waals surface area contributed by atoms with Crippen LogP contribution in [0.5, 0.6) is 0 Å². The van der Waals surface area contributed by atoms with Crippen LogP contribution >= 0.6 is 15.9 Å². The van der Waals surface area contributed by atoms with Crippen molar-refractivity contribution in [1.29, 1.82) is 0 Å². The number of hydrogen-bond donors (Lipinski definition) is 2. The summed E-state index contributed by atoms with van der Waals surface area (Å²) in [5, 5.41) is 15.6. The fraction of sp³-hybridized carbons (Fsp3) is 0.391. The minimum atomic E-state index is -4.53. The van der Waals surface area contributed by atoms with Crippen molar-refractivity contribution in [2.75, 3.05) is 11.4 Å². The first-order chi connectivity index (χ1) is 17.7. The Hall–Kier alpha value is -3.75. The van der Waals surface area contributed by atoms with E-state index in [1.807, 2.05) is 0 Å². The molecule has 0 bridgehead atoms. The molecule has 204 valence electrons. The van der Waals surface area contributed by atoms with Crippen LogP contribution in [0.1, 0.15) is 55.5 Å². The number of ether oxygens (including phenoxy) is 1. The molecule has 1 aliphatic rings. The van der Waals surface area contributed by atoms with Crippen LogP contribution < -0.4 is 10.2 Å². The second kappa shape index (κ2) is 11.3. The number of alkyl halides is 3. The summed E-state index contributed by atoms with van der Waals surface area (Å²) in [6.07, 6.45) is -0.230. The summed E-state index contributed by atoms with van der Waals surface area (Å²) in [5.41, 5.74) is -0.654. The molecular weight excluding hydrogens is 575 g/mol. The monoisotopic (exact) mass is 599 g/mol. The molecule has 2 N–H and O–H groups in total. The molecule has 0 unspecified atom stereocenters. The number of fused-ring (bicyclic) bond motifs is 1. The zero-order valence-electron chi connectivity index (χ0n) is 20.8. The molecule has 1 atom stereocenters. The van der Waals surface area contributed by atoms with Crippen molar-refractivity contribution in [2.45, 2.75) is 52.1 Å². The Morgan fingerprint density at radius 3 is 2.39 bits per heavy atom. The van der Waals surface area contributed by atoms with Crippen LogP contribution in [0, 0.1) is 0 Å². The highest BCUT2D eigenvalue weighted by molar-refractivity contribution is 9.10. The van der Waals surface area contributed by atoms with Crippen molar-refractivity contribution in [3.8, 4) is 5.95 Å². The van der Waals surface area contributed by atoms with Crippen molar-refractivity contribution in [2.24, 2.45) is 0 Å². The number of benzene rings is 1. The SMILES string of the molecule is C[C@H](NC(=O)OC(C)(C)C)c1ncnn1-c1ncc(Br)cn1.O=C(O)c1cccc2c1N(C(F)(F)F)CC2. The Morgan fingerprint density at radius 1 is 1.16 bits per heavy atom. The maximum Gasteiger partial charge on any atom is 0.484 e. The smallest absolute Gasteiger partial charge is 0.478 e. The van der Waals surface area contributed by atoms with Gasteiger partial charge in [-0.3, -0.25) is 4.90 Å². The molecule has 1 aliphatic heterocycles. The summed E-state index contributed by atoms with van der Waals surface area (Å²) in [5.74, 6) is -0.463. The van der Waals surface area contributed by atoms with Crippen LogP contribution in [0.15, 0.2) is 41.4 Å². The molecule has 2 aromatic heterocycles. The van der Waals surface area contributed by atoms with E-state index >= 15 is 0 Å². The number of alkyl carbamates (subject to hydrolysis) is 1. The number of carboxylic acid groups (broad SMARTS) is 1. The Bertz CT molecular complexity index is 1290. The van der Waals surface area contributed by atoms with Gasteiger partial charge in [0.05, 0.1) is 21.8 Å². The number of nitrogens with one attached hydrogen (secondary N) is 1. The molecule has 0 aliphatic carbocycles. The number of carboxylic acids is 1. The van der Waals surface area contributed by atoms with Gasteiger partial charge in [0.25, 0.3) is 5.95 Å². The fourth-order valence-corrected chi connectivity index (χ4v) is 3.75. The summed E-state index contributed by atoms with van der Waals surface area (Å²) in [4.78, 5) is 35.3. The number of para-hydroxylation sites is 1. The third-order valence-electron chi connectivity index (χ3n) is 5.02. The van der Waals surface area contributed by atoms with Gasteiger partial charge < -0.3 is 15.2 Å². The summed E-state index contributed by atoms with van der Waals surface area (Å²) in [6.45, 7) is 6.96. The van der Waals surface area contributed by atoms with Crippen LogP contribution in [0.2, 0.25) is 0 Å². The number of aromatic carboxylic acids is 1. The second-order valence-electron chi connectivity index (χ2n) is 9.09. The van der Waals surface area contributed by atoms with E-state index in [0.717, 1.165) is 4.47 Å². The van der Waals surface area contributed by atoms with Crippen LogP contribution in [-0.4, -0.2) is 60.3 Å². The number of anilines is 1. The molecule has 0 saturated heterocycles. The predicted octanol–water partition coefficient (Wildman–Crippen LogP) is 4.67. The summed E-state index contributed by atoms with van der Waals surface area (Å²) >= 11 is 3.27. The number of carbonyl (C=O) groups excluding carboxylic acids is 1. The zero-order chi connectivity index (χ0) is 28.3. The Morgan fingerprint density at radius 2 is 1.82 bits per heavy atom. The lowest BCUT2D eigenvalue weighted by atomic mass is 10.1. The maximum absolute atomic E-state index is 12.6. The molecule has 0 fully saturated rings. The van der Waals surface area contributed by atoms with E-state index < -0.39 is 30.0 Å². The highest BCUT2D eigenvalue weighted by Gasteiger charge is 2.42. The topological polar surface area (TPSA) is 135 Å². The lowest BCUT2D eigenvalue weighted by molar-refractivity contribution is -0.128. The molecule has 4 rings (SSSR count). The number of aromatic nitrogens is 5. The number of amides is 1. The van der Waals surface area contributed by atoms with Gasteiger partial charge in [0, 0.05) is 18.9 Å². The van der Waals surface area contributed by atoms with Crippen LogP contribution in [0.3, 0.4) is 0 Å². The third-order valence-corrected chi connectivity index (χ3v) is 5.43. The van der Waals surface area contributed by atoms with E-state index in [2.05, 4.69) is 41.3 Å². The van der Waals surface area contributed by atoms with Crippen LogP contribution in [0.4, 0.5) is 23.7 Å². The highest BCUT2D eigenvalue weighted by atomic mass is 79.9. The number of carbonyl (C=O) groups is 2. The van der Waals surface area contributed by atoms with Gasteiger partial charge in [-0.15, -0.1) is 0 Å².